The van der Waals surface area contributed by atoms with Gasteiger partial charge in [0.25, 0.3) is 5.56 Å². The van der Waals surface area contributed by atoms with Crippen LogP contribution in [-0.2, 0) is 6.18 Å². The average Bonchev–Trinajstić information content (AvgIpc) is 2.66. The van der Waals surface area contributed by atoms with E-state index in [1.165, 1.54) is 24.3 Å². The number of carboxylic acid groups (broad SMARTS) is 2. The lowest BCUT2D eigenvalue weighted by Crippen LogP contribution is -2.24. The van der Waals surface area contributed by atoms with Crippen LogP contribution in [0.4, 0.5) is 19.0 Å². The summed E-state index contributed by atoms with van der Waals surface area (Å²) in [6.45, 7) is 0. The highest BCUT2D eigenvalue weighted by Gasteiger charge is 2.33. The first-order valence-corrected chi connectivity index (χ1v) is 8.20. The van der Waals surface area contributed by atoms with Gasteiger partial charge in [-0.05, 0) is 12.1 Å². The molecule has 13 heteroatoms. The van der Waals surface area contributed by atoms with Crippen LogP contribution < -0.4 is 16.0 Å². The van der Waals surface area contributed by atoms with Gasteiger partial charge in [-0.2, -0.15) is 18.2 Å². The average molecular weight is 436 g/mol. The summed E-state index contributed by atoms with van der Waals surface area (Å²) in [5.74, 6) is -4.35. The highest BCUT2D eigenvalue weighted by Crippen LogP contribution is 2.37. The number of alkyl halides is 3. The van der Waals surface area contributed by atoms with E-state index in [0.29, 0.717) is 6.07 Å². The smallest absolute Gasteiger partial charge is 0.433 e. The van der Waals surface area contributed by atoms with Crippen LogP contribution >= 0.6 is 0 Å². The maximum absolute atomic E-state index is 12.9. The third-order valence-electron chi connectivity index (χ3n) is 3.95. The minimum absolute atomic E-state index is 0.240. The van der Waals surface area contributed by atoms with Gasteiger partial charge in [-0.25, -0.2) is 14.6 Å². The van der Waals surface area contributed by atoms with E-state index >= 15 is 0 Å². The second-order valence-corrected chi connectivity index (χ2v) is 5.92. The summed E-state index contributed by atoms with van der Waals surface area (Å²) >= 11 is 0. The quantitative estimate of drug-likeness (QED) is 0.470. The van der Waals surface area contributed by atoms with Crippen molar-refractivity contribution in [2.45, 2.75) is 6.18 Å². The normalized spacial score (nSPS) is 11.2. The largest absolute Gasteiger partial charge is 0.478 e. The van der Waals surface area contributed by atoms with E-state index in [-0.39, 0.29) is 11.3 Å². The van der Waals surface area contributed by atoms with Crippen molar-refractivity contribution in [3.8, 4) is 22.9 Å². The predicted octanol–water partition coefficient (Wildman–Crippen LogP) is 2.62. The number of nitrogens with zero attached hydrogens (tertiary/aromatic N) is 2. The Morgan fingerprint density at radius 3 is 2.32 bits per heavy atom. The molecule has 0 aliphatic heterocycles. The molecular weight excluding hydrogens is 425 g/mol. The summed E-state index contributed by atoms with van der Waals surface area (Å²) in [6.07, 6.45) is -3.99. The van der Waals surface area contributed by atoms with Crippen LogP contribution in [0.2, 0.25) is 0 Å². The molecule has 0 aliphatic rings. The van der Waals surface area contributed by atoms with Gasteiger partial charge in [-0.3, -0.25) is 4.79 Å². The zero-order valence-electron chi connectivity index (χ0n) is 15.1. The molecule has 0 spiro atoms. The van der Waals surface area contributed by atoms with Crippen molar-refractivity contribution in [2.75, 3.05) is 5.73 Å². The molecule has 0 saturated heterocycles. The molecule has 10 nitrogen and oxygen atoms in total. The molecule has 0 radical (unpaired) electrons. The number of benzene rings is 1. The third kappa shape index (κ3) is 4.14. The number of hydrogen-bond donors (Lipinski definition) is 4. The Balaban J connectivity index is 2.26. The van der Waals surface area contributed by atoms with Crippen LogP contribution in [0, 0.1) is 0 Å². The van der Waals surface area contributed by atoms with E-state index in [4.69, 9.17) is 10.5 Å². The number of anilines is 1. The van der Waals surface area contributed by atoms with Crippen molar-refractivity contribution in [3.63, 3.8) is 0 Å². The number of nitrogen functional groups attached to an aromatic ring is 1. The molecule has 0 atom stereocenters. The number of ether oxygens (including phenoxy) is 1. The van der Waals surface area contributed by atoms with Crippen LogP contribution in [-0.4, -0.2) is 37.1 Å². The van der Waals surface area contributed by atoms with E-state index in [9.17, 15) is 37.8 Å². The predicted molar refractivity (Wildman–Crippen MR) is 97.9 cm³/mol. The number of carboxylic acids is 2. The Labute approximate surface area is 169 Å². The van der Waals surface area contributed by atoms with Gasteiger partial charge >= 0.3 is 24.1 Å². The van der Waals surface area contributed by atoms with Gasteiger partial charge in [0.05, 0.1) is 0 Å². The third-order valence-corrected chi connectivity index (χ3v) is 3.95. The van der Waals surface area contributed by atoms with Gasteiger partial charge in [-0.1, -0.05) is 18.2 Å². The molecule has 0 bridgehead atoms. The molecule has 3 aromatic rings. The molecule has 2 aromatic heterocycles. The van der Waals surface area contributed by atoms with E-state index in [2.05, 4.69) is 9.97 Å². The number of nitrogens with one attached hydrogen (secondary N) is 1. The number of aromatic amines is 1. The maximum Gasteiger partial charge on any atom is 0.433 e. The molecule has 0 aliphatic carbocycles. The molecule has 0 saturated carbocycles. The van der Waals surface area contributed by atoms with Crippen molar-refractivity contribution in [1.82, 2.24) is 15.0 Å². The standard InChI is InChI=1S/C18H11F3N4O6/c19-18(20,21)9-5-6-23-17(24-9)31-8-4-2-1-3-7(8)10-11(15(27)28)13(22)25-14(26)12(10)16(29)30/h1-6H,(H,27,28)(H,29,30)(H3,22,25,26). The number of pyridine rings is 1. The molecule has 3 rings (SSSR count). The minimum Gasteiger partial charge on any atom is -0.478 e. The number of para-hydroxylation sites is 1. The van der Waals surface area contributed by atoms with E-state index in [0.717, 1.165) is 6.20 Å². The first kappa shape index (κ1) is 21.3. The van der Waals surface area contributed by atoms with Gasteiger partial charge in [0.2, 0.25) is 0 Å². The molecule has 31 heavy (non-hydrogen) atoms. The van der Waals surface area contributed by atoms with E-state index < -0.39 is 57.9 Å². The topological polar surface area (TPSA) is 168 Å². The van der Waals surface area contributed by atoms with E-state index in [1.807, 2.05) is 4.98 Å². The van der Waals surface area contributed by atoms with Gasteiger partial charge in [0, 0.05) is 17.3 Å². The van der Waals surface area contributed by atoms with Crippen molar-refractivity contribution in [1.29, 1.82) is 0 Å². The highest BCUT2D eigenvalue weighted by atomic mass is 19.4. The second kappa shape index (κ2) is 7.78. The molecule has 2 heterocycles. The van der Waals surface area contributed by atoms with Crippen LogP contribution in [0.1, 0.15) is 26.4 Å². The van der Waals surface area contributed by atoms with Crippen molar-refractivity contribution < 1.29 is 37.7 Å². The first-order chi connectivity index (χ1) is 14.5. The van der Waals surface area contributed by atoms with Crippen LogP contribution in [0.15, 0.2) is 41.3 Å². The van der Waals surface area contributed by atoms with Crippen molar-refractivity contribution in [2.24, 2.45) is 0 Å². The summed E-state index contributed by atoms with van der Waals surface area (Å²) in [5.41, 5.74) is 0.574. The summed E-state index contributed by atoms with van der Waals surface area (Å²) in [6, 6.07) is 5.02. The zero-order chi connectivity index (χ0) is 22.9. The van der Waals surface area contributed by atoms with Crippen molar-refractivity contribution in [3.05, 3.63) is 63.7 Å². The number of carbonyl (C=O) groups is 2. The summed E-state index contributed by atoms with van der Waals surface area (Å²) in [7, 11) is 0. The van der Waals surface area contributed by atoms with Gasteiger partial charge in [0.1, 0.15) is 22.7 Å². The fraction of sp³-hybridized carbons (Fsp3) is 0.0556. The van der Waals surface area contributed by atoms with Crippen LogP contribution in [0.3, 0.4) is 0 Å². The lowest BCUT2D eigenvalue weighted by Gasteiger charge is -2.15. The highest BCUT2D eigenvalue weighted by molar-refractivity contribution is 6.08. The van der Waals surface area contributed by atoms with Gasteiger partial charge < -0.3 is 25.7 Å². The molecular formula is C18H11F3N4O6. The van der Waals surface area contributed by atoms with E-state index in [1.54, 1.807) is 0 Å². The molecule has 0 fully saturated rings. The molecule has 5 N–H and O–H groups in total. The summed E-state index contributed by atoms with van der Waals surface area (Å²) in [4.78, 5) is 44.4. The fourth-order valence-electron chi connectivity index (χ4n) is 2.72. The number of H-pyrrole nitrogens is 1. The number of aromatic carboxylic acids is 2. The second-order valence-electron chi connectivity index (χ2n) is 5.92. The van der Waals surface area contributed by atoms with Gasteiger partial charge in [-0.15, -0.1) is 0 Å². The number of aromatic nitrogens is 3. The molecule has 0 amide bonds. The first-order valence-electron chi connectivity index (χ1n) is 8.20. The fourth-order valence-corrected chi connectivity index (χ4v) is 2.72. The maximum atomic E-state index is 12.9. The summed E-state index contributed by atoms with van der Waals surface area (Å²) < 4.78 is 44.0. The molecule has 160 valence electrons. The van der Waals surface area contributed by atoms with Crippen LogP contribution in [0.25, 0.3) is 11.1 Å². The molecule has 1 aromatic carbocycles. The Morgan fingerprint density at radius 2 is 1.71 bits per heavy atom. The van der Waals surface area contributed by atoms with Crippen molar-refractivity contribution >= 4 is 17.8 Å². The zero-order valence-corrected chi connectivity index (χ0v) is 15.1. The summed E-state index contributed by atoms with van der Waals surface area (Å²) in [5, 5.41) is 19.0. The Hall–Kier alpha value is -4.42. The Kier molecular flexibility index (Phi) is 5.34. The SMILES string of the molecule is Nc1[nH]c(=O)c(C(=O)O)c(-c2ccccc2Oc2nccc(C(F)(F)F)n2)c1C(=O)O. The number of rotatable bonds is 5. The Bertz CT molecular complexity index is 1260. The number of halogens is 3. The minimum atomic E-state index is -4.78. The Morgan fingerprint density at radius 1 is 1.06 bits per heavy atom. The van der Waals surface area contributed by atoms with Gasteiger partial charge in [0.15, 0.2) is 5.69 Å². The number of hydrogen-bond acceptors (Lipinski definition) is 7. The lowest BCUT2D eigenvalue weighted by atomic mass is 9.95. The number of nitrogens with two attached hydrogens (primary N) is 1. The van der Waals surface area contributed by atoms with Crippen LogP contribution in [0.5, 0.6) is 11.8 Å². The monoisotopic (exact) mass is 436 g/mol. The lowest BCUT2D eigenvalue weighted by molar-refractivity contribution is -0.141. The molecule has 0 unspecified atom stereocenters.